The van der Waals surface area contributed by atoms with Crippen LogP contribution < -0.4 is 16.4 Å². The first-order valence-corrected chi connectivity index (χ1v) is 8.24. The molecule has 1 aliphatic rings. The lowest BCUT2D eigenvalue weighted by atomic mass is 9.99. The minimum Gasteiger partial charge on any atom is -0.445 e. The van der Waals surface area contributed by atoms with E-state index in [1.54, 1.807) is 18.2 Å². The van der Waals surface area contributed by atoms with Crippen molar-refractivity contribution in [1.29, 1.82) is 0 Å². The lowest BCUT2D eigenvalue weighted by Gasteiger charge is -2.21. The molecule has 0 aliphatic carbocycles. The Kier molecular flexibility index (Phi) is 5.30. The normalized spacial score (nSPS) is 19.4. The van der Waals surface area contributed by atoms with Crippen molar-refractivity contribution in [2.75, 3.05) is 6.54 Å². The number of amides is 2. The molecule has 4 N–H and O–H groups in total. The predicted molar refractivity (Wildman–Crippen MR) is 93.9 cm³/mol. The van der Waals surface area contributed by atoms with Crippen molar-refractivity contribution < 1.29 is 14.3 Å². The number of hydrogen-bond donors (Lipinski definition) is 3. The topological polar surface area (TPSA) is 93.5 Å². The van der Waals surface area contributed by atoms with Crippen LogP contribution in [0.5, 0.6) is 0 Å². The molecule has 2 amide bonds. The van der Waals surface area contributed by atoms with Gasteiger partial charge in [-0.2, -0.15) is 0 Å². The van der Waals surface area contributed by atoms with Gasteiger partial charge in [-0.15, -0.1) is 0 Å². The second-order valence-electron chi connectivity index (χ2n) is 6.02. The van der Waals surface area contributed by atoms with Crippen molar-refractivity contribution in [2.24, 2.45) is 5.73 Å². The molecule has 2 atom stereocenters. The summed E-state index contributed by atoms with van der Waals surface area (Å²) in [6.07, 6.45) is 0.333. The zero-order chi connectivity index (χ0) is 17.6. The number of alkyl carbamates (subject to hydrolysis) is 1. The largest absolute Gasteiger partial charge is 0.445 e. The lowest BCUT2D eigenvalue weighted by Crippen LogP contribution is -2.38. The number of primary amides is 1. The molecule has 2 aromatic carbocycles. The molecule has 0 radical (unpaired) electrons. The van der Waals surface area contributed by atoms with Gasteiger partial charge >= 0.3 is 6.09 Å². The number of benzene rings is 2. The molecule has 3 rings (SSSR count). The molecule has 0 aromatic heterocycles. The van der Waals surface area contributed by atoms with E-state index in [2.05, 4.69) is 10.6 Å². The second-order valence-corrected chi connectivity index (χ2v) is 6.02. The van der Waals surface area contributed by atoms with Gasteiger partial charge in [-0.1, -0.05) is 42.5 Å². The van der Waals surface area contributed by atoms with E-state index in [-0.39, 0.29) is 18.7 Å². The van der Waals surface area contributed by atoms with Gasteiger partial charge in [0.1, 0.15) is 6.61 Å². The Morgan fingerprint density at radius 1 is 1.16 bits per heavy atom. The van der Waals surface area contributed by atoms with E-state index in [4.69, 9.17) is 10.5 Å². The number of rotatable bonds is 5. The summed E-state index contributed by atoms with van der Waals surface area (Å²) in [7, 11) is 0. The number of nitrogens with one attached hydrogen (secondary N) is 2. The third-order valence-electron chi connectivity index (χ3n) is 4.27. The first-order valence-electron chi connectivity index (χ1n) is 8.24. The smallest absolute Gasteiger partial charge is 0.407 e. The van der Waals surface area contributed by atoms with Crippen LogP contribution in [-0.2, 0) is 11.3 Å². The minimum atomic E-state index is -0.466. The number of carbonyl (C=O) groups excluding carboxylic acids is 2. The van der Waals surface area contributed by atoms with E-state index < -0.39 is 12.0 Å². The van der Waals surface area contributed by atoms with Crippen LogP contribution in [0.15, 0.2) is 54.6 Å². The van der Waals surface area contributed by atoms with Crippen LogP contribution in [-0.4, -0.2) is 24.6 Å². The van der Waals surface area contributed by atoms with E-state index in [1.807, 2.05) is 36.4 Å². The summed E-state index contributed by atoms with van der Waals surface area (Å²) in [6.45, 7) is 1.00. The van der Waals surface area contributed by atoms with E-state index in [0.29, 0.717) is 5.56 Å². The monoisotopic (exact) mass is 339 g/mol. The van der Waals surface area contributed by atoms with Crippen molar-refractivity contribution in [3.05, 3.63) is 71.3 Å². The molecule has 0 saturated carbocycles. The summed E-state index contributed by atoms with van der Waals surface area (Å²) in [5.41, 5.74) is 7.65. The molecule has 1 heterocycles. The average Bonchev–Trinajstić information content (AvgIpc) is 3.09. The fourth-order valence-electron chi connectivity index (χ4n) is 3.01. The number of hydrogen-bond acceptors (Lipinski definition) is 4. The zero-order valence-electron chi connectivity index (χ0n) is 13.8. The second kappa shape index (κ2) is 7.81. The molecule has 6 nitrogen and oxygen atoms in total. The van der Waals surface area contributed by atoms with E-state index >= 15 is 0 Å². The summed E-state index contributed by atoms with van der Waals surface area (Å²) < 4.78 is 5.28. The molecule has 1 aliphatic heterocycles. The van der Waals surface area contributed by atoms with Gasteiger partial charge in [0.2, 0.25) is 5.91 Å². The van der Waals surface area contributed by atoms with Crippen LogP contribution in [0.25, 0.3) is 0 Å². The Labute approximate surface area is 146 Å². The van der Waals surface area contributed by atoms with Gasteiger partial charge in [0.05, 0.1) is 12.1 Å². The van der Waals surface area contributed by atoms with Gasteiger partial charge in [-0.05, 0) is 36.2 Å². The van der Waals surface area contributed by atoms with Gasteiger partial charge < -0.3 is 21.1 Å². The maximum absolute atomic E-state index is 12.1. The van der Waals surface area contributed by atoms with Crippen LogP contribution in [0, 0.1) is 0 Å². The van der Waals surface area contributed by atoms with Gasteiger partial charge in [0, 0.05) is 5.56 Å². The predicted octanol–water partition coefficient (Wildman–Crippen LogP) is 2.11. The fourth-order valence-corrected chi connectivity index (χ4v) is 3.01. The quantitative estimate of drug-likeness (QED) is 0.778. The van der Waals surface area contributed by atoms with Crippen molar-refractivity contribution in [3.63, 3.8) is 0 Å². The minimum absolute atomic E-state index is 0.0800. The Hall–Kier alpha value is -2.86. The SMILES string of the molecule is NC(=O)c1cccc(C2NCCC2NC(=O)OCc2ccccc2)c1. The maximum atomic E-state index is 12.1. The summed E-state index contributed by atoms with van der Waals surface area (Å²) in [5, 5.41) is 6.25. The molecular formula is C19H21N3O3. The lowest BCUT2D eigenvalue weighted by molar-refractivity contribution is 0.1000. The Morgan fingerprint density at radius 3 is 2.72 bits per heavy atom. The Bertz CT molecular complexity index is 749. The standard InChI is InChI=1S/C19H21N3O3/c20-18(23)15-8-4-7-14(11-15)17-16(9-10-21-17)22-19(24)25-12-13-5-2-1-3-6-13/h1-8,11,16-17,21H,9-10,12H2,(H2,20,23)(H,22,24). The molecule has 6 heteroatoms. The summed E-state index contributed by atoms with van der Waals surface area (Å²) in [6, 6.07) is 16.5. The fraction of sp³-hybridized carbons (Fsp3) is 0.263. The molecule has 2 unspecified atom stereocenters. The number of ether oxygens (including phenoxy) is 1. The first-order chi connectivity index (χ1) is 12.1. The van der Waals surface area contributed by atoms with Crippen LogP contribution >= 0.6 is 0 Å². The average molecular weight is 339 g/mol. The highest BCUT2D eigenvalue weighted by Crippen LogP contribution is 2.24. The van der Waals surface area contributed by atoms with Gasteiger partial charge in [-0.3, -0.25) is 4.79 Å². The van der Waals surface area contributed by atoms with Gasteiger partial charge in [0.25, 0.3) is 0 Å². The van der Waals surface area contributed by atoms with E-state index in [0.717, 1.165) is 24.1 Å². The third kappa shape index (κ3) is 4.36. The molecule has 1 fully saturated rings. The van der Waals surface area contributed by atoms with E-state index in [1.165, 1.54) is 0 Å². The highest BCUT2D eigenvalue weighted by molar-refractivity contribution is 5.92. The highest BCUT2D eigenvalue weighted by Gasteiger charge is 2.30. The van der Waals surface area contributed by atoms with Crippen LogP contribution in [0.2, 0.25) is 0 Å². The summed E-state index contributed by atoms with van der Waals surface area (Å²) >= 11 is 0. The molecule has 2 aromatic rings. The number of carbonyl (C=O) groups is 2. The maximum Gasteiger partial charge on any atom is 0.407 e. The summed E-state index contributed by atoms with van der Waals surface area (Å²) in [4.78, 5) is 23.4. The molecule has 1 saturated heterocycles. The molecule has 25 heavy (non-hydrogen) atoms. The molecular weight excluding hydrogens is 318 g/mol. The Balaban J connectivity index is 1.60. The van der Waals surface area contributed by atoms with E-state index in [9.17, 15) is 9.59 Å². The van der Waals surface area contributed by atoms with Crippen LogP contribution in [0.1, 0.15) is 33.9 Å². The van der Waals surface area contributed by atoms with Crippen LogP contribution in [0.3, 0.4) is 0 Å². The zero-order valence-corrected chi connectivity index (χ0v) is 13.8. The van der Waals surface area contributed by atoms with Gasteiger partial charge in [-0.25, -0.2) is 4.79 Å². The van der Waals surface area contributed by atoms with Crippen molar-refractivity contribution >= 4 is 12.0 Å². The highest BCUT2D eigenvalue weighted by atomic mass is 16.5. The third-order valence-corrected chi connectivity index (χ3v) is 4.27. The first kappa shape index (κ1) is 17.0. The van der Waals surface area contributed by atoms with Gasteiger partial charge in [0.15, 0.2) is 0 Å². The number of nitrogens with two attached hydrogens (primary N) is 1. The molecule has 0 bridgehead atoms. The van der Waals surface area contributed by atoms with Crippen LogP contribution in [0.4, 0.5) is 4.79 Å². The van der Waals surface area contributed by atoms with Crippen molar-refractivity contribution in [3.8, 4) is 0 Å². The summed E-state index contributed by atoms with van der Waals surface area (Å²) in [5.74, 6) is -0.466. The molecule has 0 spiro atoms. The van der Waals surface area contributed by atoms with Crippen molar-refractivity contribution in [2.45, 2.75) is 25.1 Å². The Morgan fingerprint density at radius 2 is 1.96 bits per heavy atom. The van der Waals surface area contributed by atoms with Crippen molar-refractivity contribution in [1.82, 2.24) is 10.6 Å². The molecule has 130 valence electrons.